The third kappa shape index (κ3) is 4.41. The topological polar surface area (TPSA) is 68.0 Å². The Hall–Kier alpha value is -3.32. The van der Waals surface area contributed by atoms with Gasteiger partial charge in [0.2, 0.25) is 11.8 Å². The molecule has 0 saturated carbocycles. The number of nitrogens with zero attached hydrogens (tertiary/aromatic N) is 3. The molecule has 1 amide bonds. The maximum Gasteiger partial charge on any atom is 0.241 e. The number of carbonyl (C=O) groups excluding carboxylic acids is 1. The predicted molar refractivity (Wildman–Crippen MR) is 119 cm³/mol. The molecule has 1 fully saturated rings. The summed E-state index contributed by atoms with van der Waals surface area (Å²) in [6.07, 6.45) is 0. The number of amides is 1. The van der Waals surface area contributed by atoms with E-state index in [9.17, 15) is 4.79 Å². The summed E-state index contributed by atoms with van der Waals surface area (Å²) in [6.45, 7) is 6.19. The zero-order valence-electron chi connectivity index (χ0n) is 18.3. The van der Waals surface area contributed by atoms with Crippen molar-refractivity contribution in [1.29, 1.82) is 0 Å². The van der Waals surface area contributed by atoms with Crippen molar-refractivity contribution in [3.63, 3.8) is 0 Å². The summed E-state index contributed by atoms with van der Waals surface area (Å²) in [5.41, 5.74) is 3.65. The van der Waals surface area contributed by atoms with Crippen LogP contribution in [0.5, 0.6) is 11.5 Å². The van der Waals surface area contributed by atoms with Gasteiger partial charge in [-0.05, 0) is 49.7 Å². The van der Waals surface area contributed by atoms with Crippen LogP contribution < -0.4 is 14.4 Å². The Morgan fingerprint density at radius 3 is 2.61 bits per heavy atom. The fourth-order valence-electron chi connectivity index (χ4n) is 3.83. The lowest BCUT2D eigenvalue weighted by Gasteiger charge is -2.34. The number of aryl methyl sites for hydroxylation is 2. The molecule has 31 heavy (non-hydrogen) atoms. The zero-order valence-corrected chi connectivity index (χ0v) is 18.3. The summed E-state index contributed by atoms with van der Waals surface area (Å²) >= 11 is 0. The van der Waals surface area contributed by atoms with Crippen LogP contribution in [0.2, 0.25) is 0 Å². The van der Waals surface area contributed by atoms with Gasteiger partial charge in [0.15, 0.2) is 0 Å². The van der Waals surface area contributed by atoms with Gasteiger partial charge in [-0.3, -0.25) is 9.69 Å². The molecule has 2 aromatic carbocycles. The molecule has 7 heteroatoms. The standard InChI is InChI=1S/C24H27N3O4/c1-16-12-18(8-9-22(16)30-4)24-25-21(17(2)31-24)14-26-10-11-27(23(28)15-26)19-6-5-7-20(13-19)29-3/h5-9,12-13H,10-11,14-15H2,1-4H3. The van der Waals surface area contributed by atoms with Gasteiger partial charge < -0.3 is 18.8 Å². The number of methoxy groups -OCH3 is 2. The number of piperazine rings is 1. The first-order valence-corrected chi connectivity index (χ1v) is 10.3. The molecule has 0 unspecified atom stereocenters. The van der Waals surface area contributed by atoms with Gasteiger partial charge >= 0.3 is 0 Å². The van der Waals surface area contributed by atoms with Gasteiger partial charge in [0.25, 0.3) is 0 Å². The van der Waals surface area contributed by atoms with Crippen molar-refractivity contribution in [1.82, 2.24) is 9.88 Å². The normalized spacial score (nSPS) is 14.7. The molecular weight excluding hydrogens is 394 g/mol. The maximum atomic E-state index is 12.8. The molecule has 4 rings (SSSR count). The van der Waals surface area contributed by atoms with E-state index in [1.54, 1.807) is 19.1 Å². The van der Waals surface area contributed by atoms with Crippen LogP contribution in [0.25, 0.3) is 11.5 Å². The summed E-state index contributed by atoms with van der Waals surface area (Å²) in [4.78, 5) is 21.4. The van der Waals surface area contributed by atoms with Crippen LogP contribution in [0.1, 0.15) is 17.0 Å². The van der Waals surface area contributed by atoms with Crippen LogP contribution in [-0.2, 0) is 11.3 Å². The lowest BCUT2D eigenvalue weighted by molar-refractivity contribution is -0.121. The number of oxazole rings is 1. The number of anilines is 1. The molecule has 7 nitrogen and oxygen atoms in total. The maximum absolute atomic E-state index is 12.8. The van der Waals surface area contributed by atoms with Crippen LogP contribution in [0.3, 0.4) is 0 Å². The average molecular weight is 421 g/mol. The van der Waals surface area contributed by atoms with Gasteiger partial charge in [0.1, 0.15) is 17.3 Å². The molecule has 162 valence electrons. The van der Waals surface area contributed by atoms with Crippen molar-refractivity contribution in [3.05, 3.63) is 59.5 Å². The number of benzene rings is 2. The Morgan fingerprint density at radius 1 is 1.06 bits per heavy atom. The van der Waals surface area contributed by atoms with Gasteiger partial charge in [0.05, 0.1) is 26.5 Å². The van der Waals surface area contributed by atoms with Crippen molar-refractivity contribution in [2.24, 2.45) is 0 Å². The molecule has 1 aromatic heterocycles. The van der Waals surface area contributed by atoms with Crippen LogP contribution in [0, 0.1) is 13.8 Å². The third-order valence-corrected chi connectivity index (χ3v) is 5.57. The third-order valence-electron chi connectivity index (χ3n) is 5.57. The number of aromatic nitrogens is 1. The van der Waals surface area contributed by atoms with Crippen molar-refractivity contribution in [2.45, 2.75) is 20.4 Å². The van der Waals surface area contributed by atoms with E-state index in [0.717, 1.165) is 46.3 Å². The summed E-state index contributed by atoms with van der Waals surface area (Å²) in [7, 11) is 3.28. The molecule has 0 aliphatic carbocycles. The number of carbonyl (C=O) groups is 1. The Balaban J connectivity index is 1.45. The van der Waals surface area contributed by atoms with Crippen LogP contribution in [0.4, 0.5) is 5.69 Å². The van der Waals surface area contributed by atoms with Gasteiger partial charge in [-0.15, -0.1) is 0 Å². The minimum atomic E-state index is 0.0617. The van der Waals surface area contributed by atoms with E-state index in [-0.39, 0.29) is 5.91 Å². The van der Waals surface area contributed by atoms with E-state index in [1.165, 1.54) is 0 Å². The lowest BCUT2D eigenvalue weighted by atomic mass is 10.1. The molecule has 0 N–H and O–H groups in total. The molecule has 1 aliphatic rings. The van der Waals surface area contributed by atoms with E-state index in [2.05, 4.69) is 4.90 Å². The van der Waals surface area contributed by atoms with E-state index in [0.29, 0.717) is 25.5 Å². The Morgan fingerprint density at radius 2 is 1.90 bits per heavy atom. The number of hydrogen-bond donors (Lipinski definition) is 0. The second-order valence-electron chi connectivity index (χ2n) is 7.66. The molecule has 0 bridgehead atoms. The van der Waals surface area contributed by atoms with Crippen LogP contribution in [-0.4, -0.2) is 49.6 Å². The highest BCUT2D eigenvalue weighted by atomic mass is 16.5. The minimum Gasteiger partial charge on any atom is -0.497 e. The summed E-state index contributed by atoms with van der Waals surface area (Å²) in [5.74, 6) is 2.99. The van der Waals surface area contributed by atoms with E-state index >= 15 is 0 Å². The molecule has 2 heterocycles. The van der Waals surface area contributed by atoms with E-state index in [4.69, 9.17) is 18.9 Å². The number of hydrogen-bond acceptors (Lipinski definition) is 6. The SMILES string of the molecule is COc1cccc(N2CCN(Cc3nc(-c4ccc(OC)c(C)c4)oc3C)CC2=O)c1. The van der Waals surface area contributed by atoms with E-state index < -0.39 is 0 Å². The highest BCUT2D eigenvalue weighted by molar-refractivity contribution is 5.95. The molecule has 1 aliphatic heterocycles. The highest BCUT2D eigenvalue weighted by Gasteiger charge is 2.26. The Bertz CT molecular complexity index is 1090. The second-order valence-corrected chi connectivity index (χ2v) is 7.66. The largest absolute Gasteiger partial charge is 0.497 e. The van der Waals surface area contributed by atoms with Gasteiger partial charge in [-0.2, -0.15) is 0 Å². The molecule has 3 aromatic rings. The summed E-state index contributed by atoms with van der Waals surface area (Å²) in [5, 5.41) is 0. The van der Waals surface area contributed by atoms with Crippen molar-refractivity contribution < 1.29 is 18.7 Å². The fourth-order valence-corrected chi connectivity index (χ4v) is 3.83. The smallest absolute Gasteiger partial charge is 0.241 e. The zero-order chi connectivity index (χ0) is 22.0. The lowest BCUT2D eigenvalue weighted by Crippen LogP contribution is -2.50. The molecule has 0 radical (unpaired) electrons. The molecule has 0 atom stereocenters. The molecule has 0 spiro atoms. The number of rotatable bonds is 6. The first-order chi connectivity index (χ1) is 15.0. The van der Waals surface area contributed by atoms with E-state index in [1.807, 2.05) is 56.3 Å². The van der Waals surface area contributed by atoms with Gasteiger partial charge in [0, 0.05) is 37.0 Å². The fraction of sp³-hybridized carbons (Fsp3) is 0.333. The van der Waals surface area contributed by atoms with Crippen molar-refractivity contribution >= 4 is 11.6 Å². The van der Waals surface area contributed by atoms with Crippen molar-refractivity contribution in [3.8, 4) is 23.0 Å². The summed E-state index contributed by atoms with van der Waals surface area (Å²) < 4.78 is 16.5. The van der Waals surface area contributed by atoms with Gasteiger partial charge in [-0.25, -0.2) is 4.98 Å². The highest BCUT2D eigenvalue weighted by Crippen LogP contribution is 2.28. The Kier molecular flexibility index (Phi) is 5.95. The van der Waals surface area contributed by atoms with Crippen molar-refractivity contribution in [2.75, 3.05) is 38.8 Å². The first-order valence-electron chi connectivity index (χ1n) is 10.3. The van der Waals surface area contributed by atoms with Gasteiger partial charge in [-0.1, -0.05) is 6.07 Å². The van der Waals surface area contributed by atoms with Crippen LogP contribution in [0.15, 0.2) is 46.9 Å². The average Bonchev–Trinajstić information content (AvgIpc) is 3.14. The second kappa shape index (κ2) is 8.81. The quantitative estimate of drug-likeness (QED) is 0.603. The Labute approximate surface area is 182 Å². The molecule has 1 saturated heterocycles. The minimum absolute atomic E-state index is 0.0617. The molecular formula is C24H27N3O4. The number of ether oxygens (including phenoxy) is 2. The predicted octanol–water partition coefficient (Wildman–Crippen LogP) is 3.82. The monoisotopic (exact) mass is 421 g/mol. The van der Waals surface area contributed by atoms with Crippen LogP contribution >= 0.6 is 0 Å². The first kappa shape index (κ1) is 20.9. The summed E-state index contributed by atoms with van der Waals surface area (Å²) in [6, 6.07) is 13.5.